The molecular formula is C20H22FN3O4. The summed E-state index contributed by atoms with van der Waals surface area (Å²) in [5.41, 5.74) is 3.33. The van der Waals surface area contributed by atoms with Gasteiger partial charge < -0.3 is 14.4 Å². The third kappa shape index (κ3) is 6.08. The Kier molecular flexibility index (Phi) is 7.50. The van der Waals surface area contributed by atoms with Crippen LogP contribution in [0.1, 0.15) is 22.8 Å². The number of carbonyl (C=O) groups excluding carboxylic acids is 2. The van der Waals surface area contributed by atoms with Crippen LogP contribution in [0.4, 0.5) is 4.39 Å². The van der Waals surface area contributed by atoms with Gasteiger partial charge in [0.25, 0.3) is 11.8 Å². The molecule has 2 aromatic rings. The van der Waals surface area contributed by atoms with Gasteiger partial charge in [-0.25, -0.2) is 9.82 Å². The summed E-state index contributed by atoms with van der Waals surface area (Å²) in [6, 6.07) is 10.2. The largest absolute Gasteiger partial charge is 0.490 e. The molecule has 0 saturated carbocycles. The van der Waals surface area contributed by atoms with Gasteiger partial charge in [-0.15, -0.1) is 0 Å². The number of hydrogen-bond donors (Lipinski definition) is 1. The third-order valence-electron chi connectivity index (χ3n) is 3.60. The minimum Gasteiger partial charge on any atom is -0.490 e. The highest BCUT2D eigenvalue weighted by atomic mass is 19.1. The van der Waals surface area contributed by atoms with E-state index in [0.29, 0.717) is 29.2 Å². The molecular weight excluding hydrogens is 365 g/mol. The van der Waals surface area contributed by atoms with Crippen LogP contribution in [-0.4, -0.2) is 50.2 Å². The van der Waals surface area contributed by atoms with E-state index in [9.17, 15) is 14.0 Å². The van der Waals surface area contributed by atoms with Crippen LogP contribution in [0, 0.1) is 5.82 Å². The number of likely N-dealkylation sites (N-methyl/N-ethyl adjacent to an activating group) is 1. The Morgan fingerprint density at radius 1 is 1.11 bits per heavy atom. The van der Waals surface area contributed by atoms with E-state index in [1.54, 1.807) is 32.3 Å². The lowest BCUT2D eigenvalue weighted by Gasteiger charge is -2.14. The molecule has 2 rings (SSSR count). The van der Waals surface area contributed by atoms with Crippen LogP contribution in [0.3, 0.4) is 0 Å². The minimum absolute atomic E-state index is 0.103. The maximum absolute atomic E-state index is 12.9. The number of ether oxygens (including phenoxy) is 2. The van der Waals surface area contributed by atoms with E-state index < -0.39 is 11.7 Å². The summed E-state index contributed by atoms with van der Waals surface area (Å²) < 4.78 is 24.0. The van der Waals surface area contributed by atoms with Crippen LogP contribution < -0.4 is 14.9 Å². The average Bonchev–Trinajstić information content (AvgIpc) is 2.67. The summed E-state index contributed by atoms with van der Waals surface area (Å²) in [6.45, 7) is 2.15. The number of rotatable bonds is 8. The SMILES string of the molecule is CCOc1cc(C=NNC(=O)c2ccc(F)cc2)ccc1OCC(=O)N(C)C. The molecule has 0 fully saturated rings. The molecule has 0 aromatic heterocycles. The topological polar surface area (TPSA) is 80.2 Å². The number of benzene rings is 2. The fourth-order valence-corrected chi connectivity index (χ4v) is 2.09. The van der Waals surface area contributed by atoms with Gasteiger partial charge >= 0.3 is 0 Å². The minimum atomic E-state index is -0.455. The smallest absolute Gasteiger partial charge is 0.271 e. The van der Waals surface area contributed by atoms with Gasteiger partial charge in [0.05, 0.1) is 12.8 Å². The molecule has 0 atom stereocenters. The summed E-state index contributed by atoms with van der Waals surface area (Å²) in [6.07, 6.45) is 1.44. The van der Waals surface area contributed by atoms with Crippen LogP contribution in [0.25, 0.3) is 0 Å². The van der Waals surface area contributed by atoms with Gasteiger partial charge in [0.15, 0.2) is 18.1 Å². The summed E-state index contributed by atoms with van der Waals surface area (Å²) in [5.74, 6) is -0.148. The first-order valence-electron chi connectivity index (χ1n) is 8.59. The van der Waals surface area contributed by atoms with Crippen LogP contribution in [-0.2, 0) is 4.79 Å². The van der Waals surface area contributed by atoms with Gasteiger partial charge in [-0.3, -0.25) is 9.59 Å². The molecule has 7 nitrogen and oxygen atoms in total. The molecule has 2 aromatic carbocycles. The second-order valence-electron chi connectivity index (χ2n) is 5.92. The van der Waals surface area contributed by atoms with E-state index in [1.165, 1.54) is 35.4 Å². The first kappa shape index (κ1) is 20.9. The molecule has 2 amide bonds. The molecule has 0 unspecified atom stereocenters. The standard InChI is InChI=1S/C20H22FN3O4/c1-4-27-18-11-14(5-10-17(18)28-13-19(25)24(2)3)12-22-23-20(26)15-6-8-16(21)9-7-15/h5-12H,4,13H2,1-3H3,(H,23,26). The number of hydrogen-bond acceptors (Lipinski definition) is 5. The number of amides is 2. The Morgan fingerprint density at radius 2 is 1.82 bits per heavy atom. The zero-order chi connectivity index (χ0) is 20.5. The van der Waals surface area contributed by atoms with Crippen molar-refractivity contribution in [2.45, 2.75) is 6.92 Å². The lowest BCUT2D eigenvalue weighted by atomic mass is 10.2. The molecule has 28 heavy (non-hydrogen) atoms. The molecule has 0 aliphatic rings. The first-order valence-corrected chi connectivity index (χ1v) is 8.59. The van der Waals surface area contributed by atoms with Crippen molar-refractivity contribution >= 4 is 18.0 Å². The predicted molar refractivity (Wildman–Crippen MR) is 103 cm³/mol. The van der Waals surface area contributed by atoms with E-state index in [2.05, 4.69) is 10.5 Å². The lowest BCUT2D eigenvalue weighted by Crippen LogP contribution is -2.27. The van der Waals surface area contributed by atoms with Crippen LogP contribution in [0.2, 0.25) is 0 Å². The zero-order valence-corrected chi connectivity index (χ0v) is 15.9. The summed E-state index contributed by atoms with van der Waals surface area (Å²) in [5, 5.41) is 3.89. The fourth-order valence-electron chi connectivity index (χ4n) is 2.09. The van der Waals surface area contributed by atoms with Crippen molar-refractivity contribution in [2.75, 3.05) is 27.3 Å². The van der Waals surface area contributed by atoms with Gasteiger partial charge in [0.2, 0.25) is 0 Å². The molecule has 0 aliphatic heterocycles. The average molecular weight is 387 g/mol. The molecule has 8 heteroatoms. The monoisotopic (exact) mass is 387 g/mol. The second-order valence-corrected chi connectivity index (χ2v) is 5.92. The number of carbonyl (C=O) groups is 2. The molecule has 0 saturated heterocycles. The van der Waals surface area contributed by atoms with Crippen molar-refractivity contribution < 1.29 is 23.5 Å². The lowest BCUT2D eigenvalue weighted by molar-refractivity contribution is -0.130. The maximum atomic E-state index is 12.9. The quantitative estimate of drug-likeness (QED) is 0.557. The predicted octanol–water partition coefficient (Wildman–Crippen LogP) is 2.46. The summed E-state index contributed by atoms with van der Waals surface area (Å²) in [7, 11) is 3.30. The van der Waals surface area contributed by atoms with E-state index in [0.717, 1.165) is 0 Å². The molecule has 0 spiro atoms. The zero-order valence-electron chi connectivity index (χ0n) is 15.9. The normalized spacial score (nSPS) is 10.6. The first-order chi connectivity index (χ1) is 13.4. The maximum Gasteiger partial charge on any atom is 0.271 e. The van der Waals surface area contributed by atoms with E-state index in [4.69, 9.17) is 9.47 Å². The summed E-state index contributed by atoms with van der Waals surface area (Å²) in [4.78, 5) is 25.1. The van der Waals surface area contributed by atoms with E-state index in [-0.39, 0.29) is 12.5 Å². The van der Waals surface area contributed by atoms with Crippen molar-refractivity contribution in [1.29, 1.82) is 0 Å². The van der Waals surface area contributed by atoms with Crippen LogP contribution >= 0.6 is 0 Å². The van der Waals surface area contributed by atoms with Gasteiger partial charge in [0, 0.05) is 19.7 Å². The number of nitrogens with zero attached hydrogens (tertiary/aromatic N) is 2. The number of halogens is 1. The van der Waals surface area contributed by atoms with Gasteiger partial charge in [-0.2, -0.15) is 5.10 Å². The second kappa shape index (κ2) is 10.1. The molecule has 0 heterocycles. The van der Waals surface area contributed by atoms with E-state index in [1.807, 2.05) is 6.92 Å². The highest BCUT2D eigenvalue weighted by molar-refractivity contribution is 5.94. The number of hydrazone groups is 1. The Hall–Kier alpha value is -3.42. The Labute approximate surface area is 162 Å². The Bertz CT molecular complexity index is 851. The van der Waals surface area contributed by atoms with Crippen LogP contribution in [0.5, 0.6) is 11.5 Å². The molecule has 0 bridgehead atoms. The molecule has 1 N–H and O–H groups in total. The van der Waals surface area contributed by atoms with E-state index >= 15 is 0 Å². The van der Waals surface area contributed by atoms with Gasteiger partial charge in [-0.1, -0.05) is 0 Å². The van der Waals surface area contributed by atoms with Crippen molar-refractivity contribution in [3.8, 4) is 11.5 Å². The Morgan fingerprint density at radius 3 is 2.46 bits per heavy atom. The van der Waals surface area contributed by atoms with Gasteiger partial charge in [-0.05, 0) is 55.0 Å². The fraction of sp³-hybridized carbons (Fsp3) is 0.250. The molecule has 148 valence electrons. The van der Waals surface area contributed by atoms with Crippen molar-refractivity contribution in [1.82, 2.24) is 10.3 Å². The highest BCUT2D eigenvalue weighted by Gasteiger charge is 2.10. The summed E-state index contributed by atoms with van der Waals surface area (Å²) >= 11 is 0. The number of nitrogens with one attached hydrogen (secondary N) is 1. The van der Waals surface area contributed by atoms with Crippen LogP contribution in [0.15, 0.2) is 47.6 Å². The van der Waals surface area contributed by atoms with Crippen molar-refractivity contribution in [3.05, 3.63) is 59.4 Å². The van der Waals surface area contributed by atoms with Crippen molar-refractivity contribution in [3.63, 3.8) is 0 Å². The molecule has 0 radical (unpaired) electrons. The highest BCUT2D eigenvalue weighted by Crippen LogP contribution is 2.28. The molecule has 0 aliphatic carbocycles. The van der Waals surface area contributed by atoms with Gasteiger partial charge in [0.1, 0.15) is 5.82 Å². The van der Waals surface area contributed by atoms with Crippen molar-refractivity contribution in [2.24, 2.45) is 5.10 Å². The Balaban J connectivity index is 2.03. The third-order valence-corrected chi connectivity index (χ3v) is 3.60.